The molecule has 0 aliphatic carbocycles. The molecule has 0 bridgehead atoms. The molecule has 1 aromatic carbocycles. The second kappa shape index (κ2) is 6.04. The van der Waals surface area contributed by atoms with Crippen LogP contribution in [0.2, 0.25) is 0 Å². The average molecular weight is 329 g/mol. The van der Waals surface area contributed by atoms with E-state index in [9.17, 15) is 4.39 Å². The Labute approximate surface area is 137 Å². The molecule has 124 valence electrons. The van der Waals surface area contributed by atoms with E-state index in [0.717, 1.165) is 22.5 Å². The number of aromatic nitrogens is 4. The van der Waals surface area contributed by atoms with Gasteiger partial charge in [0.05, 0.1) is 12.9 Å². The maximum Gasteiger partial charge on any atom is 0.189 e. The average Bonchev–Trinajstić information content (AvgIpc) is 2.97. The van der Waals surface area contributed by atoms with E-state index in [1.807, 2.05) is 11.6 Å². The summed E-state index contributed by atoms with van der Waals surface area (Å²) < 4.78 is 26.3. The van der Waals surface area contributed by atoms with Crippen molar-refractivity contribution in [2.24, 2.45) is 7.05 Å². The summed E-state index contributed by atoms with van der Waals surface area (Å²) in [4.78, 5) is 12.7. The van der Waals surface area contributed by atoms with Crippen molar-refractivity contribution in [3.63, 3.8) is 0 Å². The van der Waals surface area contributed by atoms with E-state index in [-0.39, 0.29) is 12.6 Å². The lowest BCUT2D eigenvalue weighted by molar-refractivity contribution is -0.0172. The molecular formula is C16H16FN5O2. The van der Waals surface area contributed by atoms with Crippen LogP contribution in [-0.4, -0.2) is 32.9 Å². The summed E-state index contributed by atoms with van der Waals surface area (Å²) in [6, 6.07) is 2.95. The van der Waals surface area contributed by atoms with Crippen molar-refractivity contribution in [3.05, 3.63) is 41.7 Å². The van der Waals surface area contributed by atoms with Gasteiger partial charge in [-0.25, -0.2) is 19.3 Å². The molecule has 0 unspecified atom stereocenters. The molecule has 3 aromatic rings. The topological polar surface area (TPSA) is 74.1 Å². The number of nitrogens with one attached hydrogen (secondary N) is 1. The zero-order valence-corrected chi connectivity index (χ0v) is 13.1. The third kappa shape index (κ3) is 2.65. The molecule has 0 amide bonds. The van der Waals surface area contributed by atoms with Gasteiger partial charge in [0.2, 0.25) is 0 Å². The summed E-state index contributed by atoms with van der Waals surface area (Å²) in [7, 11) is 1.88. The van der Waals surface area contributed by atoms with Crippen LogP contribution in [0.5, 0.6) is 5.75 Å². The Morgan fingerprint density at radius 3 is 3.12 bits per heavy atom. The fourth-order valence-electron chi connectivity index (χ4n) is 2.83. The van der Waals surface area contributed by atoms with Crippen LogP contribution < -0.4 is 10.1 Å². The van der Waals surface area contributed by atoms with Gasteiger partial charge in [-0.1, -0.05) is 0 Å². The number of rotatable bonds is 4. The quantitative estimate of drug-likeness (QED) is 0.789. The van der Waals surface area contributed by atoms with Gasteiger partial charge in [-0.3, -0.25) is 0 Å². The number of imidazole rings is 1. The van der Waals surface area contributed by atoms with Crippen LogP contribution in [0.4, 0.5) is 10.2 Å². The second-order valence-corrected chi connectivity index (χ2v) is 5.59. The Balaban J connectivity index is 1.52. The molecule has 24 heavy (non-hydrogen) atoms. The maximum absolute atomic E-state index is 13.8. The van der Waals surface area contributed by atoms with Crippen molar-refractivity contribution in [3.8, 4) is 5.75 Å². The van der Waals surface area contributed by atoms with Crippen LogP contribution in [0.1, 0.15) is 11.1 Å². The van der Waals surface area contributed by atoms with Gasteiger partial charge in [-0.15, -0.1) is 0 Å². The van der Waals surface area contributed by atoms with Gasteiger partial charge >= 0.3 is 0 Å². The molecule has 0 saturated carbocycles. The van der Waals surface area contributed by atoms with Crippen molar-refractivity contribution in [1.82, 2.24) is 19.5 Å². The van der Waals surface area contributed by atoms with Gasteiger partial charge in [-0.2, -0.15) is 0 Å². The first-order chi connectivity index (χ1) is 11.7. The summed E-state index contributed by atoms with van der Waals surface area (Å²) >= 11 is 0. The minimum atomic E-state index is -0.285. The first kappa shape index (κ1) is 14.8. The van der Waals surface area contributed by atoms with E-state index < -0.39 is 0 Å². The standard InChI is InChI=1S/C16H16FN5O2/c1-22-8-21-13-15(19-7-20-16(13)22)18-3-2-10-4-12(17)5-11-6-23-9-24-14(10)11/h4-5,7-8H,2-3,6,9H2,1H3,(H,18,19,20). The summed E-state index contributed by atoms with van der Waals surface area (Å²) in [5.41, 5.74) is 3.03. The van der Waals surface area contributed by atoms with Crippen LogP contribution in [0.15, 0.2) is 24.8 Å². The fraction of sp³-hybridized carbons (Fsp3) is 0.312. The molecule has 4 rings (SSSR count). The number of halogens is 1. The Hall–Kier alpha value is -2.74. The Morgan fingerprint density at radius 1 is 1.29 bits per heavy atom. The van der Waals surface area contributed by atoms with Gasteiger partial charge in [-0.05, 0) is 24.1 Å². The molecule has 0 saturated heterocycles. The number of benzene rings is 1. The molecule has 1 N–H and O–H groups in total. The minimum Gasteiger partial charge on any atom is -0.467 e. The van der Waals surface area contributed by atoms with E-state index in [2.05, 4.69) is 20.3 Å². The third-order valence-corrected chi connectivity index (χ3v) is 3.94. The number of hydrogen-bond donors (Lipinski definition) is 1. The predicted molar refractivity (Wildman–Crippen MR) is 85.2 cm³/mol. The summed E-state index contributed by atoms with van der Waals surface area (Å²) in [6.07, 6.45) is 3.79. The highest BCUT2D eigenvalue weighted by Gasteiger charge is 2.17. The number of ether oxygens (including phenoxy) is 2. The normalized spacial score (nSPS) is 13.6. The minimum absolute atomic E-state index is 0.194. The summed E-state index contributed by atoms with van der Waals surface area (Å²) in [5.74, 6) is 1.09. The molecular weight excluding hydrogens is 313 g/mol. The van der Waals surface area contributed by atoms with E-state index in [0.29, 0.717) is 30.9 Å². The number of anilines is 1. The molecule has 0 atom stereocenters. The van der Waals surface area contributed by atoms with Crippen LogP contribution in [-0.2, 0) is 24.8 Å². The number of nitrogens with zero attached hydrogens (tertiary/aromatic N) is 4. The van der Waals surface area contributed by atoms with E-state index >= 15 is 0 Å². The van der Waals surface area contributed by atoms with Gasteiger partial charge < -0.3 is 19.4 Å². The van der Waals surface area contributed by atoms with E-state index in [4.69, 9.17) is 9.47 Å². The van der Waals surface area contributed by atoms with E-state index in [1.54, 1.807) is 6.33 Å². The van der Waals surface area contributed by atoms with Crippen LogP contribution in [0, 0.1) is 5.82 Å². The number of hydrogen-bond acceptors (Lipinski definition) is 6. The lowest BCUT2D eigenvalue weighted by Gasteiger charge is -2.21. The molecule has 1 aliphatic rings. The van der Waals surface area contributed by atoms with Crippen LogP contribution >= 0.6 is 0 Å². The Bertz CT molecular complexity index is 896. The van der Waals surface area contributed by atoms with Crippen molar-refractivity contribution in [2.75, 3.05) is 18.7 Å². The lowest BCUT2D eigenvalue weighted by atomic mass is 10.1. The third-order valence-electron chi connectivity index (χ3n) is 3.94. The monoisotopic (exact) mass is 329 g/mol. The highest BCUT2D eigenvalue weighted by atomic mass is 19.1. The Kier molecular flexibility index (Phi) is 3.73. The molecule has 3 heterocycles. The zero-order chi connectivity index (χ0) is 16.5. The first-order valence-corrected chi connectivity index (χ1v) is 7.60. The zero-order valence-electron chi connectivity index (χ0n) is 13.1. The van der Waals surface area contributed by atoms with Crippen LogP contribution in [0.25, 0.3) is 11.2 Å². The Morgan fingerprint density at radius 2 is 2.21 bits per heavy atom. The number of aryl methyl sites for hydroxylation is 1. The molecule has 8 heteroatoms. The van der Waals surface area contributed by atoms with Crippen molar-refractivity contribution in [2.45, 2.75) is 13.0 Å². The fourth-order valence-corrected chi connectivity index (χ4v) is 2.83. The van der Waals surface area contributed by atoms with Crippen molar-refractivity contribution >= 4 is 17.0 Å². The van der Waals surface area contributed by atoms with Crippen molar-refractivity contribution < 1.29 is 13.9 Å². The highest BCUT2D eigenvalue weighted by Crippen LogP contribution is 2.29. The molecule has 0 fully saturated rings. The van der Waals surface area contributed by atoms with Gasteiger partial charge in [0.25, 0.3) is 0 Å². The molecule has 0 radical (unpaired) electrons. The van der Waals surface area contributed by atoms with E-state index in [1.165, 1.54) is 18.5 Å². The summed E-state index contributed by atoms with van der Waals surface area (Å²) in [6.45, 7) is 1.14. The molecule has 1 aliphatic heterocycles. The molecule has 2 aromatic heterocycles. The first-order valence-electron chi connectivity index (χ1n) is 7.60. The maximum atomic E-state index is 13.8. The summed E-state index contributed by atoms with van der Waals surface area (Å²) in [5, 5.41) is 3.24. The predicted octanol–water partition coefficient (Wildman–Crippen LogP) is 2.02. The number of fused-ring (bicyclic) bond motifs is 2. The van der Waals surface area contributed by atoms with Gasteiger partial charge in [0.15, 0.2) is 18.3 Å². The van der Waals surface area contributed by atoms with Gasteiger partial charge in [0.1, 0.15) is 23.4 Å². The van der Waals surface area contributed by atoms with Crippen LogP contribution in [0.3, 0.4) is 0 Å². The highest BCUT2D eigenvalue weighted by molar-refractivity contribution is 5.82. The SMILES string of the molecule is Cn1cnc2c(NCCc3cc(F)cc4c3OCOC4)ncnc21. The smallest absolute Gasteiger partial charge is 0.189 e. The molecule has 0 spiro atoms. The van der Waals surface area contributed by atoms with Crippen molar-refractivity contribution in [1.29, 1.82) is 0 Å². The van der Waals surface area contributed by atoms with Gasteiger partial charge in [0, 0.05) is 19.2 Å². The largest absolute Gasteiger partial charge is 0.467 e. The molecule has 7 nitrogen and oxygen atoms in total. The lowest BCUT2D eigenvalue weighted by Crippen LogP contribution is -2.15. The second-order valence-electron chi connectivity index (χ2n) is 5.59.